The van der Waals surface area contributed by atoms with Crippen molar-refractivity contribution >= 4 is 32.6 Å². The summed E-state index contributed by atoms with van der Waals surface area (Å²) < 4.78 is 27.3. The predicted molar refractivity (Wildman–Crippen MR) is 59.1 cm³/mol. The fraction of sp³-hybridized carbons (Fsp3) is 0.333. The molecule has 1 heterocycles. The minimum atomic E-state index is -1.05. The second-order valence-corrected chi connectivity index (χ2v) is 5.48. The van der Waals surface area contributed by atoms with E-state index >= 15 is 0 Å². The normalized spacial score (nSPS) is 21.6. The lowest BCUT2D eigenvalue weighted by molar-refractivity contribution is 0.625. The van der Waals surface area contributed by atoms with Gasteiger partial charge >= 0.3 is 0 Å². The molecular formula is C9H9BrFNOS. The minimum Gasteiger partial charge on any atom is -0.289 e. The van der Waals surface area contributed by atoms with E-state index in [0.29, 0.717) is 22.5 Å². The quantitative estimate of drug-likeness (QED) is 0.772. The Morgan fingerprint density at radius 1 is 1.50 bits per heavy atom. The molecule has 0 aliphatic carbocycles. The molecule has 0 amide bonds. The average Bonchev–Trinajstić information content (AvgIpc) is 2.52. The molecule has 1 saturated heterocycles. The molecule has 1 fully saturated rings. The second-order valence-electron chi connectivity index (χ2n) is 3.08. The first-order chi connectivity index (χ1) is 6.68. The van der Waals surface area contributed by atoms with Gasteiger partial charge in [0.1, 0.15) is 16.8 Å². The van der Waals surface area contributed by atoms with Gasteiger partial charge in [-0.15, -0.1) is 0 Å². The Morgan fingerprint density at radius 2 is 2.29 bits per heavy atom. The molecule has 1 aliphatic heterocycles. The summed E-state index contributed by atoms with van der Waals surface area (Å²) in [7, 11) is -1.05. The van der Waals surface area contributed by atoms with Crippen LogP contribution in [-0.4, -0.2) is 16.5 Å². The summed E-state index contributed by atoms with van der Waals surface area (Å²) in [6.45, 7) is 0.672. The first kappa shape index (κ1) is 10.1. The van der Waals surface area contributed by atoms with E-state index < -0.39 is 11.0 Å². The third-order valence-electron chi connectivity index (χ3n) is 2.10. The van der Waals surface area contributed by atoms with Gasteiger partial charge in [0.15, 0.2) is 0 Å². The van der Waals surface area contributed by atoms with E-state index in [4.69, 9.17) is 0 Å². The van der Waals surface area contributed by atoms with Gasteiger partial charge in [-0.05, 0) is 24.6 Å². The van der Waals surface area contributed by atoms with Crippen LogP contribution < -0.4 is 4.31 Å². The summed E-state index contributed by atoms with van der Waals surface area (Å²) >= 11 is 3.19. The lowest BCUT2D eigenvalue weighted by Gasteiger charge is -2.16. The number of halogens is 2. The van der Waals surface area contributed by atoms with Crippen molar-refractivity contribution in [2.75, 3.05) is 16.6 Å². The van der Waals surface area contributed by atoms with Gasteiger partial charge < -0.3 is 0 Å². The Kier molecular flexibility index (Phi) is 2.88. The Morgan fingerprint density at radius 3 is 2.86 bits per heavy atom. The van der Waals surface area contributed by atoms with Gasteiger partial charge in [-0.3, -0.25) is 4.31 Å². The van der Waals surface area contributed by atoms with E-state index in [2.05, 4.69) is 15.9 Å². The maximum atomic E-state index is 13.5. The number of rotatable bonds is 1. The van der Waals surface area contributed by atoms with Gasteiger partial charge in [-0.25, -0.2) is 8.60 Å². The molecule has 1 unspecified atom stereocenters. The largest absolute Gasteiger partial charge is 0.289 e. The zero-order chi connectivity index (χ0) is 10.1. The highest BCUT2D eigenvalue weighted by Crippen LogP contribution is 2.26. The lowest BCUT2D eigenvalue weighted by Crippen LogP contribution is -2.20. The molecule has 14 heavy (non-hydrogen) atoms. The predicted octanol–water partition coefficient (Wildman–Crippen LogP) is 2.46. The summed E-state index contributed by atoms with van der Waals surface area (Å²) in [4.78, 5) is 0. The molecule has 0 radical (unpaired) electrons. The number of hydrogen-bond donors (Lipinski definition) is 0. The van der Waals surface area contributed by atoms with Crippen molar-refractivity contribution in [2.24, 2.45) is 0 Å². The van der Waals surface area contributed by atoms with E-state index in [1.54, 1.807) is 16.4 Å². The molecule has 0 spiro atoms. The summed E-state index contributed by atoms with van der Waals surface area (Å²) in [5.41, 5.74) is 0.434. The van der Waals surface area contributed by atoms with Crippen LogP contribution in [0.25, 0.3) is 0 Å². The van der Waals surface area contributed by atoms with Crippen molar-refractivity contribution in [3.8, 4) is 0 Å². The maximum Gasteiger partial charge on any atom is 0.148 e. The van der Waals surface area contributed by atoms with Gasteiger partial charge in [0.25, 0.3) is 0 Å². The van der Waals surface area contributed by atoms with Gasteiger partial charge in [-0.1, -0.05) is 15.9 Å². The fourth-order valence-electron chi connectivity index (χ4n) is 1.46. The molecule has 76 valence electrons. The van der Waals surface area contributed by atoms with Crippen molar-refractivity contribution in [1.82, 2.24) is 0 Å². The van der Waals surface area contributed by atoms with Crippen molar-refractivity contribution in [3.05, 3.63) is 28.5 Å². The molecule has 5 heteroatoms. The summed E-state index contributed by atoms with van der Waals surface area (Å²) in [5.74, 6) is 0.310. The zero-order valence-electron chi connectivity index (χ0n) is 7.37. The van der Waals surface area contributed by atoms with Gasteiger partial charge in [0.05, 0.1) is 5.69 Å². The number of nitrogens with zero attached hydrogens (tertiary/aromatic N) is 1. The molecular weight excluding hydrogens is 269 g/mol. The molecule has 0 aromatic heterocycles. The molecule has 1 aromatic rings. The monoisotopic (exact) mass is 277 g/mol. The second kappa shape index (κ2) is 3.98. The first-order valence-corrected chi connectivity index (χ1v) is 6.36. The summed E-state index contributed by atoms with van der Waals surface area (Å²) in [5, 5.41) is 0. The lowest BCUT2D eigenvalue weighted by atomic mass is 10.3. The Balaban J connectivity index is 2.36. The van der Waals surface area contributed by atoms with E-state index in [1.807, 2.05) is 0 Å². The standard InChI is InChI=1S/C9H9BrFNOS/c10-7-2-3-9(8(11)6-7)12-4-1-5-14(12)13/h2-3,6H,1,4-5H2. The van der Waals surface area contributed by atoms with Crippen molar-refractivity contribution in [2.45, 2.75) is 6.42 Å². The third kappa shape index (κ3) is 1.83. The molecule has 0 saturated carbocycles. The van der Waals surface area contributed by atoms with Crippen molar-refractivity contribution in [3.63, 3.8) is 0 Å². The SMILES string of the molecule is O=S1CCCN1c1ccc(Br)cc1F. The molecule has 0 N–H and O–H groups in total. The topological polar surface area (TPSA) is 20.3 Å². The van der Waals surface area contributed by atoms with Crippen LogP contribution >= 0.6 is 15.9 Å². The van der Waals surface area contributed by atoms with Crippen LogP contribution in [0.4, 0.5) is 10.1 Å². The smallest absolute Gasteiger partial charge is 0.148 e. The molecule has 0 bridgehead atoms. The van der Waals surface area contributed by atoms with E-state index in [0.717, 1.165) is 6.42 Å². The highest BCUT2D eigenvalue weighted by Gasteiger charge is 2.22. The highest BCUT2D eigenvalue weighted by atomic mass is 79.9. The van der Waals surface area contributed by atoms with Crippen LogP contribution in [0.3, 0.4) is 0 Å². The number of hydrogen-bond acceptors (Lipinski definition) is 1. The first-order valence-electron chi connectivity index (χ1n) is 4.29. The van der Waals surface area contributed by atoms with Crippen LogP contribution in [0.15, 0.2) is 22.7 Å². The summed E-state index contributed by atoms with van der Waals surface area (Å²) in [6, 6.07) is 4.81. The van der Waals surface area contributed by atoms with Crippen LogP contribution in [0.1, 0.15) is 6.42 Å². The van der Waals surface area contributed by atoms with Gasteiger partial charge in [0.2, 0.25) is 0 Å². The number of anilines is 1. The van der Waals surface area contributed by atoms with Gasteiger partial charge in [-0.2, -0.15) is 0 Å². The maximum absolute atomic E-state index is 13.5. The molecule has 1 aliphatic rings. The van der Waals surface area contributed by atoms with Crippen molar-refractivity contribution in [1.29, 1.82) is 0 Å². The molecule has 2 nitrogen and oxygen atoms in total. The Labute approximate surface area is 92.8 Å². The average molecular weight is 278 g/mol. The highest BCUT2D eigenvalue weighted by molar-refractivity contribution is 9.10. The minimum absolute atomic E-state index is 0.324. The fourth-order valence-corrected chi connectivity index (χ4v) is 3.09. The van der Waals surface area contributed by atoms with E-state index in [-0.39, 0.29) is 5.82 Å². The Bertz CT molecular complexity index is 385. The third-order valence-corrected chi connectivity index (χ3v) is 4.11. The van der Waals surface area contributed by atoms with Crippen LogP contribution in [0.5, 0.6) is 0 Å². The van der Waals surface area contributed by atoms with E-state index in [1.165, 1.54) is 6.07 Å². The van der Waals surface area contributed by atoms with Gasteiger partial charge in [0, 0.05) is 16.8 Å². The molecule has 1 aromatic carbocycles. The number of benzene rings is 1. The molecule has 2 rings (SSSR count). The zero-order valence-corrected chi connectivity index (χ0v) is 9.78. The summed E-state index contributed by atoms with van der Waals surface area (Å²) in [6.07, 6.45) is 0.863. The van der Waals surface area contributed by atoms with Crippen LogP contribution in [0, 0.1) is 5.82 Å². The van der Waals surface area contributed by atoms with Crippen LogP contribution in [-0.2, 0) is 11.0 Å². The molecule has 1 atom stereocenters. The van der Waals surface area contributed by atoms with E-state index in [9.17, 15) is 8.60 Å². The van der Waals surface area contributed by atoms with Crippen molar-refractivity contribution < 1.29 is 8.60 Å². The van der Waals surface area contributed by atoms with Crippen LogP contribution in [0.2, 0.25) is 0 Å². The Hall–Kier alpha value is -0.420.